The third kappa shape index (κ3) is 4.79. The molecule has 2 aromatic heterocycles. The first-order chi connectivity index (χ1) is 15.8. The fourth-order valence-corrected chi connectivity index (χ4v) is 4.77. The Hall–Kier alpha value is -3.56. The van der Waals surface area contributed by atoms with E-state index < -0.39 is 10.0 Å². The number of nitrogens with one attached hydrogen (secondary N) is 2. The van der Waals surface area contributed by atoms with Gasteiger partial charge in [-0.15, -0.1) is 0 Å². The highest BCUT2D eigenvalue weighted by Gasteiger charge is 2.19. The molecule has 0 spiro atoms. The quantitative estimate of drug-likeness (QED) is 0.430. The highest BCUT2D eigenvalue weighted by atomic mass is 32.2. The van der Waals surface area contributed by atoms with Crippen LogP contribution in [0.3, 0.4) is 0 Å². The lowest BCUT2D eigenvalue weighted by Gasteiger charge is -2.11. The van der Waals surface area contributed by atoms with Crippen molar-refractivity contribution in [3.63, 3.8) is 0 Å². The zero-order chi connectivity index (χ0) is 23.6. The number of aryl methyl sites for hydroxylation is 1. The predicted molar refractivity (Wildman–Crippen MR) is 128 cm³/mol. The van der Waals surface area contributed by atoms with E-state index in [1.165, 1.54) is 12.1 Å². The Morgan fingerprint density at radius 3 is 2.39 bits per heavy atom. The maximum atomic E-state index is 13.2. The van der Waals surface area contributed by atoms with Crippen molar-refractivity contribution in [1.82, 2.24) is 19.5 Å². The first-order valence-electron chi connectivity index (χ1n) is 10.6. The van der Waals surface area contributed by atoms with Crippen LogP contribution in [-0.2, 0) is 16.6 Å². The molecule has 0 aliphatic carbocycles. The van der Waals surface area contributed by atoms with E-state index in [4.69, 9.17) is 4.98 Å². The van der Waals surface area contributed by atoms with Gasteiger partial charge in [0.15, 0.2) is 5.65 Å². The Morgan fingerprint density at radius 1 is 1.06 bits per heavy atom. The van der Waals surface area contributed by atoms with Gasteiger partial charge in [-0.3, -0.25) is 4.79 Å². The van der Waals surface area contributed by atoms with Gasteiger partial charge < -0.3 is 5.32 Å². The molecule has 0 radical (unpaired) electrons. The number of sulfonamides is 1. The molecule has 33 heavy (non-hydrogen) atoms. The van der Waals surface area contributed by atoms with E-state index in [1.807, 2.05) is 37.3 Å². The average Bonchev–Trinajstić information content (AvgIpc) is 3.21. The second-order valence-electron chi connectivity index (χ2n) is 7.87. The molecular formula is C24H25N5O3S. The van der Waals surface area contributed by atoms with Gasteiger partial charge in [0.05, 0.1) is 27.7 Å². The number of hydrogen-bond donors (Lipinski definition) is 2. The van der Waals surface area contributed by atoms with Crippen LogP contribution in [0.2, 0.25) is 0 Å². The molecule has 4 rings (SSSR count). The normalized spacial score (nSPS) is 11.8. The number of nitrogens with zero attached hydrogens (tertiary/aromatic N) is 3. The smallest absolute Gasteiger partial charge is 0.256 e. The number of anilines is 1. The number of benzene rings is 2. The van der Waals surface area contributed by atoms with Crippen LogP contribution < -0.4 is 10.0 Å². The van der Waals surface area contributed by atoms with Crippen molar-refractivity contribution in [3.8, 4) is 11.3 Å². The molecule has 0 fully saturated rings. The summed E-state index contributed by atoms with van der Waals surface area (Å²) in [7, 11) is -3.60. The van der Waals surface area contributed by atoms with E-state index in [9.17, 15) is 13.2 Å². The monoisotopic (exact) mass is 463 g/mol. The number of pyridine rings is 1. The molecule has 2 N–H and O–H groups in total. The number of aromatic nitrogens is 3. The van der Waals surface area contributed by atoms with Crippen molar-refractivity contribution in [2.45, 2.75) is 38.3 Å². The first kappa shape index (κ1) is 22.6. The summed E-state index contributed by atoms with van der Waals surface area (Å²) in [5.41, 5.74) is 3.12. The van der Waals surface area contributed by atoms with Crippen LogP contribution >= 0.6 is 0 Å². The molecule has 0 atom stereocenters. The maximum absolute atomic E-state index is 13.2. The Morgan fingerprint density at radius 2 is 1.76 bits per heavy atom. The molecule has 0 unspecified atom stereocenters. The second kappa shape index (κ2) is 9.13. The highest BCUT2D eigenvalue weighted by molar-refractivity contribution is 7.89. The minimum absolute atomic E-state index is 0.135. The fourth-order valence-electron chi connectivity index (χ4n) is 3.52. The van der Waals surface area contributed by atoms with Crippen LogP contribution in [0.1, 0.15) is 31.1 Å². The molecule has 0 aliphatic heterocycles. The van der Waals surface area contributed by atoms with Crippen molar-refractivity contribution in [3.05, 3.63) is 72.4 Å². The minimum Gasteiger partial charge on any atom is -0.322 e. The van der Waals surface area contributed by atoms with E-state index >= 15 is 0 Å². The van der Waals surface area contributed by atoms with Gasteiger partial charge in [-0.1, -0.05) is 30.3 Å². The molecule has 8 nitrogen and oxygen atoms in total. The van der Waals surface area contributed by atoms with Crippen molar-refractivity contribution < 1.29 is 13.2 Å². The third-order valence-electron chi connectivity index (χ3n) is 5.04. The van der Waals surface area contributed by atoms with Crippen LogP contribution in [0.4, 0.5) is 5.69 Å². The lowest BCUT2D eigenvalue weighted by molar-refractivity contribution is 0.102. The van der Waals surface area contributed by atoms with Gasteiger partial charge in [-0.2, -0.15) is 5.10 Å². The van der Waals surface area contributed by atoms with Crippen LogP contribution in [-0.4, -0.2) is 35.1 Å². The summed E-state index contributed by atoms with van der Waals surface area (Å²) < 4.78 is 29.0. The Kier molecular flexibility index (Phi) is 6.26. The molecule has 1 amide bonds. The topological polar surface area (TPSA) is 106 Å². The van der Waals surface area contributed by atoms with Gasteiger partial charge in [0.1, 0.15) is 0 Å². The number of carbonyl (C=O) groups is 1. The number of fused-ring (bicyclic) bond motifs is 1. The Labute approximate surface area is 192 Å². The number of hydrogen-bond acceptors (Lipinski definition) is 5. The van der Waals surface area contributed by atoms with Crippen LogP contribution in [0.5, 0.6) is 0 Å². The largest absolute Gasteiger partial charge is 0.322 e. The summed E-state index contributed by atoms with van der Waals surface area (Å²) in [5, 5.41) is 7.87. The molecular weight excluding hydrogens is 438 g/mol. The molecule has 0 aliphatic rings. The van der Waals surface area contributed by atoms with E-state index in [2.05, 4.69) is 15.1 Å². The summed E-state index contributed by atoms with van der Waals surface area (Å²) in [4.78, 5) is 18.1. The lowest BCUT2D eigenvalue weighted by Crippen LogP contribution is -2.30. The highest BCUT2D eigenvalue weighted by Crippen LogP contribution is 2.26. The van der Waals surface area contributed by atoms with Crippen LogP contribution in [0, 0.1) is 0 Å². The third-order valence-corrected chi connectivity index (χ3v) is 6.71. The molecule has 0 saturated heterocycles. The minimum atomic E-state index is -3.60. The van der Waals surface area contributed by atoms with Gasteiger partial charge in [-0.05, 0) is 51.1 Å². The lowest BCUT2D eigenvalue weighted by atomic mass is 10.1. The van der Waals surface area contributed by atoms with Crippen molar-refractivity contribution >= 4 is 32.7 Å². The molecule has 170 valence electrons. The summed E-state index contributed by atoms with van der Waals surface area (Å²) in [6, 6.07) is 17.2. The summed E-state index contributed by atoms with van der Waals surface area (Å²) in [5.74, 6) is -0.328. The molecule has 0 saturated carbocycles. The summed E-state index contributed by atoms with van der Waals surface area (Å²) in [6.45, 7) is 6.10. The van der Waals surface area contributed by atoms with Crippen LogP contribution in [0.25, 0.3) is 22.3 Å². The molecule has 0 bridgehead atoms. The molecule has 2 heterocycles. The maximum Gasteiger partial charge on any atom is 0.256 e. The van der Waals surface area contributed by atoms with Crippen LogP contribution in [0.15, 0.2) is 71.8 Å². The van der Waals surface area contributed by atoms with Gasteiger partial charge in [0, 0.05) is 23.8 Å². The Bertz CT molecular complexity index is 1400. The van der Waals surface area contributed by atoms with Gasteiger partial charge in [-0.25, -0.2) is 22.8 Å². The van der Waals surface area contributed by atoms with Crippen molar-refractivity contribution in [2.75, 3.05) is 5.32 Å². The first-order valence-corrected chi connectivity index (χ1v) is 12.1. The zero-order valence-electron chi connectivity index (χ0n) is 18.6. The van der Waals surface area contributed by atoms with E-state index in [1.54, 1.807) is 42.9 Å². The number of amides is 1. The fraction of sp³-hybridized carbons (Fsp3) is 0.208. The second-order valence-corrected chi connectivity index (χ2v) is 9.59. The summed E-state index contributed by atoms with van der Waals surface area (Å²) >= 11 is 0. The Balaban J connectivity index is 1.68. The molecule has 9 heteroatoms. The number of rotatable bonds is 7. The van der Waals surface area contributed by atoms with Gasteiger partial charge in [0.25, 0.3) is 5.91 Å². The van der Waals surface area contributed by atoms with Crippen molar-refractivity contribution in [1.29, 1.82) is 0 Å². The predicted octanol–water partition coefficient (Wildman–Crippen LogP) is 4.06. The van der Waals surface area contributed by atoms with Gasteiger partial charge >= 0.3 is 0 Å². The zero-order valence-corrected chi connectivity index (χ0v) is 19.4. The van der Waals surface area contributed by atoms with Crippen molar-refractivity contribution in [2.24, 2.45) is 0 Å². The molecule has 2 aromatic carbocycles. The van der Waals surface area contributed by atoms with E-state index in [0.717, 1.165) is 5.56 Å². The van der Waals surface area contributed by atoms with E-state index in [-0.39, 0.29) is 16.8 Å². The average molecular weight is 464 g/mol. The van der Waals surface area contributed by atoms with E-state index in [0.29, 0.717) is 34.5 Å². The van der Waals surface area contributed by atoms with Gasteiger partial charge in [0.2, 0.25) is 10.0 Å². The number of carbonyl (C=O) groups excluding carboxylic acids is 1. The summed E-state index contributed by atoms with van der Waals surface area (Å²) in [6.07, 6.45) is 1.64. The SMILES string of the molecule is CCn1ncc2c(C(=O)Nc3ccc(S(=O)(=O)NC(C)C)cc3)cc(-c3ccccc3)nc21. The molecule has 4 aromatic rings. The standard InChI is InChI=1S/C24H25N5O3S/c1-4-29-23-21(15-25-29)20(14-22(27-23)17-8-6-5-7-9-17)24(30)26-18-10-12-19(13-11-18)33(31,32)28-16(2)3/h5-16,28H,4H2,1-3H3,(H,26,30).